The molecule has 2 heterocycles. The summed E-state index contributed by atoms with van der Waals surface area (Å²) in [6, 6.07) is 0. The van der Waals surface area contributed by atoms with Crippen molar-refractivity contribution in [1.29, 1.82) is 0 Å². The van der Waals surface area contributed by atoms with Gasteiger partial charge in [-0.2, -0.15) is 5.10 Å². The van der Waals surface area contributed by atoms with Crippen molar-refractivity contribution in [3.05, 3.63) is 12.0 Å². The molecule has 0 aliphatic rings. The molecule has 0 unspecified atom stereocenters. The Morgan fingerprint density at radius 1 is 1.19 bits per heavy atom. The lowest BCUT2D eigenvalue weighted by atomic mass is 10.3. The zero-order valence-electron chi connectivity index (χ0n) is 13.2. The molecule has 0 aromatic carbocycles. The van der Waals surface area contributed by atoms with Gasteiger partial charge in [0.15, 0.2) is 11.5 Å². The van der Waals surface area contributed by atoms with Crippen molar-refractivity contribution in [2.24, 2.45) is 7.05 Å². The van der Waals surface area contributed by atoms with E-state index in [2.05, 4.69) is 34.2 Å². The molecule has 2 aromatic rings. The molecule has 0 saturated carbocycles. The molecule has 0 bridgehead atoms. The Labute approximate surface area is 125 Å². The van der Waals surface area contributed by atoms with Gasteiger partial charge in [0.05, 0.1) is 11.6 Å². The first kappa shape index (κ1) is 15.7. The Kier molecular flexibility index (Phi) is 5.92. The van der Waals surface area contributed by atoms with Crippen molar-refractivity contribution in [3.63, 3.8) is 0 Å². The van der Waals surface area contributed by atoms with Crippen LogP contribution >= 0.6 is 0 Å². The predicted molar refractivity (Wildman–Crippen MR) is 84.3 cm³/mol. The van der Waals surface area contributed by atoms with E-state index >= 15 is 0 Å². The largest absolute Gasteiger partial charge is 0.373 e. The number of rotatable bonds is 9. The summed E-state index contributed by atoms with van der Waals surface area (Å²) in [5, 5.41) is 8.56. The van der Waals surface area contributed by atoms with Gasteiger partial charge >= 0.3 is 0 Å². The highest BCUT2D eigenvalue weighted by molar-refractivity contribution is 5.86. The van der Waals surface area contributed by atoms with Gasteiger partial charge in [-0.25, -0.2) is 9.97 Å². The van der Waals surface area contributed by atoms with E-state index in [4.69, 9.17) is 4.74 Å². The van der Waals surface area contributed by atoms with Crippen molar-refractivity contribution in [2.75, 3.05) is 18.5 Å². The zero-order valence-corrected chi connectivity index (χ0v) is 13.2. The summed E-state index contributed by atoms with van der Waals surface area (Å²) < 4.78 is 7.44. The summed E-state index contributed by atoms with van der Waals surface area (Å²) in [6.45, 7) is 6.42. The fraction of sp³-hybridized carbons (Fsp3) is 0.667. The van der Waals surface area contributed by atoms with E-state index in [9.17, 15) is 0 Å². The van der Waals surface area contributed by atoms with Crippen LogP contribution in [0.4, 0.5) is 5.82 Å². The van der Waals surface area contributed by atoms with Crippen LogP contribution in [0.1, 0.15) is 45.4 Å². The summed E-state index contributed by atoms with van der Waals surface area (Å²) in [7, 11) is 1.89. The van der Waals surface area contributed by atoms with E-state index < -0.39 is 0 Å². The van der Waals surface area contributed by atoms with Crippen molar-refractivity contribution < 1.29 is 4.74 Å². The number of hydrogen-bond acceptors (Lipinski definition) is 5. The lowest BCUT2D eigenvalue weighted by Gasteiger charge is -2.08. The first-order valence-electron chi connectivity index (χ1n) is 7.76. The fourth-order valence-corrected chi connectivity index (χ4v) is 2.13. The summed E-state index contributed by atoms with van der Waals surface area (Å²) in [4.78, 5) is 9.11. The number of aryl methyl sites for hydroxylation is 1. The molecule has 2 rings (SSSR count). The molecule has 0 fully saturated rings. The number of ether oxygens (including phenoxy) is 1. The monoisotopic (exact) mass is 291 g/mol. The fourth-order valence-electron chi connectivity index (χ4n) is 2.13. The van der Waals surface area contributed by atoms with E-state index in [-0.39, 0.29) is 0 Å². The first-order valence-corrected chi connectivity index (χ1v) is 7.76. The maximum atomic E-state index is 5.66. The standard InChI is InChI=1S/C15H25N5O/c1-4-6-7-9-21-11-13-18-14(16-8-5-2)12-10-17-20(3)15(12)19-13/h10H,4-9,11H2,1-3H3,(H,16,18,19). The molecule has 116 valence electrons. The summed E-state index contributed by atoms with van der Waals surface area (Å²) in [6.07, 6.45) is 6.34. The molecule has 0 aliphatic heterocycles. The number of nitrogens with zero attached hydrogens (tertiary/aromatic N) is 4. The third-order valence-corrected chi connectivity index (χ3v) is 3.30. The van der Waals surface area contributed by atoms with Crippen LogP contribution in [-0.4, -0.2) is 32.9 Å². The molecule has 6 heteroatoms. The maximum absolute atomic E-state index is 5.66. The molecule has 0 saturated heterocycles. The highest BCUT2D eigenvalue weighted by Gasteiger charge is 2.11. The van der Waals surface area contributed by atoms with Gasteiger partial charge in [0.1, 0.15) is 12.4 Å². The molecule has 0 radical (unpaired) electrons. The van der Waals surface area contributed by atoms with Gasteiger partial charge in [-0.3, -0.25) is 4.68 Å². The van der Waals surface area contributed by atoms with Crippen LogP contribution in [0.25, 0.3) is 11.0 Å². The lowest BCUT2D eigenvalue weighted by Crippen LogP contribution is -2.08. The second kappa shape index (κ2) is 7.93. The first-order chi connectivity index (χ1) is 10.3. The normalized spacial score (nSPS) is 11.2. The summed E-state index contributed by atoms with van der Waals surface area (Å²) >= 11 is 0. The Bertz CT molecular complexity index is 566. The smallest absolute Gasteiger partial charge is 0.163 e. The number of aromatic nitrogens is 4. The van der Waals surface area contributed by atoms with E-state index in [1.807, 2.05) is 7.05 Å². The lowest BCUT2D eigenvalue weighted by molar-refractivity contribution is 0.112. The van der Waals surface area contributed by atoms with Crippen LogP contribution < -0.4 is 5.32 Å². The number of nitrogens with one attached hydrogen (secondary N) is 1. The van der Waals surface area contributed by atoms with Crippen LogP contribution in [0.5, 0.6) is 0 Å². The Hall–Kier alpha value is -1.69. The second-order valence-electron chi connectivity index (χ2n) is 5.18. The van der Waals surface area contributed by atoms with Crippen molar-refractivity contribution >= 4 is 16.9 Å². The molecule has 1 N–H and O–H groups in total. The number of anilines is 1. The summed E-state index contributed by atoms with van der Waals surface area (Å²) in [5.74, 6) is 1.56. The SMILES string of the molecule is CCCCCOCc1nc(NCCC)c2cnn(C)c2n1. The van der Waals surface area contributed by atoms with Gasteiger partial charge < -0.3 is 10.1 Å². The van der Waals surface area contributed by atoms with Gasteiger partial charge in [0.25, 0.3) is 0 Å². The molecule has 2 aromatic heterocycles. The molecule has 0 spiro atoms. The highest BCUT2D eigenvalue weighted by atomic mass is 16.5. The minimum Gasteiger partial charge on any atom is -0.373 e. The molecule has 0 atom stereocenters. The molecular weight excluding hydrogens is 266 g/mol. The average Bonchev–Trinajstić information content (AvgIpc) is 2.86. The Morgan fingerprint density at radius 3 is 2.81 bits per heavy atom. The predicted octanol–water partition coefficient (Wildman–Crippen LogP) is 2.89. The second-order valence-corrected chi connectivity index (χ2v) is 5.18. The average molecular weight is 291 g/mol. The van der Waals surface area contributed by atoms with Gasteiger partial charge in [-0.15, -0.1) is 0 Å². The topological polar surface area (TPSA) is 64.9 Å². The Morgan fingerprint density at radius 2 is 2.05 bits per heavy atom. The van der Waals surface area contributed by atoms with E-state index in [0.29, 0.717) is 12.4 Å². The minimum absolute atomic E-state index is 0.450. The maximum Gasteiger partial charge on any atom is 0.163 e. The highest BCUT2D eigenvalue weighted by Crippen LogP contribution is 2.19. The third kappa shape index (κ3) is 4.14. The molecular formula is C15H25N5O. The third-order valence-electron chi connectivity index (χ3n) is 3.30. The van der Waals surface area contributed by atoms with Gasteiger partial charge in [-0.1, -0.05) is 26.7 Å². The number of unbranched alkanes of at least 4 members (excludes halogenated alkanes) is 2. The Balaban J connectivity index is 2.09. The van der Waals surface area contributed by atoms with Crippen LogP contribution in [0.3, 0.4) is 0 Å². The summed E-state index contributed by atoms with van der Waals surface area (Å²) in [5.41, 5.74) is 0.843. The minimum atomic E-state index is 0.450. The quantitative estimate of drug-likeness (QED) is 0.720. The van der Waals surface area contributed by atoms with Crippen LogP contribution in [-0.2, 0) is 18.4 Å². The van der Waals surface area contributed by atoms with Crippen LogP contribution in [0.2, 0.25) is 0 Å². The van der Waals surface area contributed by atoms with E-state index in [1.54, 1.807) is 10.9 Å². The van der Waals surface area contributed by atoms with Gasteiger partial charge in [0, 0.05) is 20.2 Å². The van der Waals surface area contributed by atoms with Crippen LogP contribution in [0, 0.1) is 0 Å². The van der Waals surface area contributed by atoms with Crippen molar-refractivity contribution in [2.45, 2.75) is 46.1 Å². The molecule has 0 aliphatic carbocycles. The van der Waals surface area contributed by atoms with Gasteiger partial charge in [0.2, 0.25) is 0 Å². The molecule has 21 heavy (non-hydrogen) atoms. The van der Waals surface area contributed by atoms with E-state index in [0.717, 1.165) is 42.8 Å². The van der Waals surface area contributed by atoms with Gasteiger partial charge in [-0.05, 0) is 12.8 Å². The van der Waals surface area contributed by atoms with Crippen molar-refractivity contribution in [3.8, 4) is 0 Å². The van der Waals surface area contributed by atoms with E-state index in [1.165, 1.54) is 12.8 Å². The number of hydrogen-bond donors (Lipinski definition) is 1. The zero-order chi connectivity index (χ0) is 15.1. The molecule has 0 amide bonds. The van der Waals surface area contributed by atoms with Crippen LogP contribution in [0.15, 0.2) is 6.20 Å². The number of fused-ring (bicyclic) bond motifs is 1. The molecule has 6 nitrogen and oxygen atoms in total. The van der Waals surface area contributed by atoms with Crippen molar-refractivity contribution in [1.82, 2.24) is 19.7 Å².